The number of rotatable bonds is 3. The molecule has 1 aliphatic rings. The van der Waals surface area contributed by atoms with E-state index < -0.39 is 45.6 Å². The minimum atomic E-state index is -4.94. The number of hydrogen-bond acceptors (Lipinski definition) is 7. The molecule has 1 aromatic heterocycles. The lowest BCUT2D eigenvalue weighted by Gasteiger charge is -2.25. The van der Waals surface area contributed by atoms with Gasteiger partial charge in [-0.15, -0.1) is 0 Å². The number of nitrogens with two attached hydrogens (primary N) is 1. The molecule has 1 aliphatic heterocycles. The lowest BCUT2D eigenvalue weighted by Crippen LogP contribution is -2.23. The van der Waals surface area contributed by atoms with Crippen molar-refractivity contribution in [3.8, 4) is 23.4 Å². The second kappa shape index (κ2) is 7.31. The molecule has 0 radical (unpaired) electrons. The van der Waals surface area contributed by atoms with Gasteiger partial charge in [0, 0.05) is 6.07 Å². The fraction of sp³-hybridized carbons (Fsp3) is 0.100. The third kappa shape index (κ3) is 3.25. The molecular formula is C20H12F3N5O4. The normalized spacial score (nSPS) is 15.6. The van der Waals surface area contributed by atoms with Gasteiger partial charge in [0.15, 0.2) is 11.4 Å². The molecule has 0 fully saturated rings. The largest absolute Gasteiger partial charge is 0.502 e. The summed E-state index contributed by atoms with van der Waals surface area (Å²) in [6.07, 6.45) is -4.94. The number of allylic oxidation sites excluding steroid dienone is 1. The van der Waals surface area contributed by atoms with Crippen LogP contribution in [0, 0.1) is 21.4 Å². The second-order valence-corrected chi connectivity index (χ2v) is 6.74. The van der Waals surface area contributed by atoms with Gasteiger partial charge in [0.2, 0.25) is 11.8 Å². The molecule has 0 spiro atoms. The fourth-order valence-corrected chi connectivity index (χ4v) is 3.49. The zero-order chi connectivity index (χ0) is 23.2. The smallest absolute Gasteiger partial charge is 0.435 e. The van der Waals surface area contributed by atoms with E-state index in [1.807, 2.05) is 0 Å². The monoisotopic (exact) mass is 443 g/mol. The van der Waals surface area contributed by atoms with Crippen molar-refractivity contribution < 1.29 is 27.9 Å². The molecule has 0 aliphatic carbocycles. The van der Waals surface area contributed by atoms with Gasteiger partial charge < -0.3 is 15.6 Å². The van der Waals surface area contributed by atoms with Crippen molar-refractivity contribution >= 4 is 5.69 Å². The lowest BCUT2D eigenvalue weighted by atomic mass is 9.83. The maximum atomic E-state index is 14.0. The molecule has 3 N–H and O–H groups in total. The Morgan fingerprint density at radius 2 is 1.94 bits per heavy atom. The van der Waals surface area contributed by atoms with Crippen molar-refractivity contribution in [3.05, 3.63) is 86.9 Å². The number of benzene rings is 2. The Balaban J connectivity index is 2.06. The molecule has 4 rings (SSSR count). The van der Waals surface area contributed by atoms with E-state index >= 15 is 0 Å². The number of nitro groups is 1. The van der Waals surface area contributed by atoms with Gasteiger partial charge in [0.1, 0.15) is 11.6 Å². The van der Waals surface area contributed by atoms with Gasteiger partial charge >= 0.3 is 11.9 Å². The third-order valence-corrected chi connectivity index (χ3v) is 4.85. The van der Waals surface area contributed by atoms with Crippen LogP contribution in [0.2, 0.25) is 0 Å². The van der Waals surface area contributed by atoms with Crippen LogP contribution in [0.1, 0.15) is 22.7 Å². The Morgan fingerprint density at radius 1 is 1.25 bits per heavy atom. The summed E-state index contributed by atoms with van der Waals surface area (Å²) < 4.78 is 48.3. The highest BCUT2D eigenvalue weighted by atomic mass is 19.4. The fourth-order valence-electron chi connectivity index (χ4n) is 3.49. The predicted molar refractivity (Wildman–Crippen MR) is 103 cm³/mol. The van der Waals surface area contributed by atoms with Gasteiger partial charge in [0.25, 0.3) is 0 Å². The molecular weight excluding hydrogens is 431 g/mol. The number of ether oxygens (including phenoxy) is 1. The van der Waals surface area contributed by atoms with E-state index in [1.54, 1.807) is 24.3 Å². The molecule has 32 heavy (non-hydrogen) atoms. The number of nitro benzene ring substituents is 1. The molecule has 0 saturated heterocycles. The van der Waals surface area contributed by atoms with Crippen molar-refractivity contribution in [3.63, 3.8) is 0 Å². The van der Waals surface area contributed by atoms with Gasteiger partial charge in [-0.25, -0.2) is 0 Å². The van der Waals surface area contributed by atoms with Crippen LogP contribution in [0.15, 0.2) is 60.0 Å². The Labute approximate surface area is 177 Å². The summed E-state index contributed by atoms with van der Waals surface area (Å²) in [6.45, 7) is 0. The van der Waals surface area contributed by atoms with Crippen LogP contribution < -0.4 is 10.5 Å². The maximum absolute atomic E-state index is 14.0. The molecule has 0 amide bonds. The van der Waals surface area contributed by atoms with E-state index in [0.29, 0.717) is 0 Å². The Bertz CT molecular complexity index is 1310. The number of alkyl halides is 3. The number of hydrogen-bond donors (Lipinski definition) is 2. The zero-order valence-corrected chi connectivity index (χ0v) is 15.9. The first kappa shape index (κ1) is 20.7. The van der Waals surface area contributed by atoms with Crippen LogP contribution in [0.25, 0.3) is 5.69 Å². The lowest BCUT2D eigenvalue weighted by molar-refractivity contribution is -0.385. The molecule has 162 valence electrons. The minimum Gasteiger partial charge on any atom is -0.502 e. The number of phenolic OH excluding ortho intramolecular Hbond substituents is 1. The van der Waals surface area contributed by atoms with Crippen molar-refractivity contribution in [1.82, 2.24) is 9.78 Å². The predicted octanol–water partition coefficient (Wildman–Crippen LogP) is 3.72. The van der Waals surface area contributed by atoms with Gasteiger partial charge in [-0.05, 0) is 23.8 Å². The summed E-state index contributed by atoms with van der Waals surface area (Å²) in [4.78, 5) is 10.4. The molecule has 3 aromatic rings. The average molecular weight is 443 g/mol. The van der Waals surface area contributed by atoms with Crippen LogP contribution in [0.3, 0.4) is 0 Å². The van der Waals surface area contributed by atoms with Crippen LogP contribution in [0.5, 0.6) is 11.6 Å². The molecule has 1 unspecified atom stereocenters. The molecule has 2 aromatic carbocycles. The summed E-state index contributed by atoms with van der Waals surface area (Å²) in [5.74, 6) is -3.00. The second-order valence-electron chi connectivity index (χ2n) is 6.74. The summed E-state index contributed by atoms with van der Waals surface area (Å²) in [5, 5.41) is 34.3. The zero-order valence-electron chi connectivity index (χ0n) is 15.9. The van der Waals surface area contributed by atoms with Crippen molar-refractivity contribution in [2.24, 2.45) is 5.73 Å². The van der Waals surface area contributed by atoms with E-state index in [9.17, 15) is 33.7 Å². The number of nitriles is 1. The van der Waals surface area contributed by atoms with Crippen LogP contribution in [-0.4, -0.2) is 19.8 Å². The number of nitrogens with zero attached hydrogens (tertiary/aromatic N) is 4. The first-order valence-corrected chi connectivity index (χ1v) is 8.94. The number of halogens is 3. The first-order valence-electron chi connectivity index (χ1n) is 8.94. The Morgan fingerprint density at radius 3 is 2.53 bits per heavy atom. The number of aromatic hydroxyl groups is 1. The molecule has 1 atom stereocenters. The Kier molecular flexibility index (Phi) is 4.74. The molecule has 12 heteroatoms. The highest BCUT2D eigenvalue weighted by Crippen LogP contribution is 2.49. The van der Waals surface area contributed by atoms with Crippen molar-refractivity contribution in [1.29, 1.82) is 5.26 Å². The number of fused-ring (bicyclic) bond motifs is 1. The summed E-state index contributed by atoms with van der Waals surface area (Å²) in [5.41, 5.74) is 3.04. The number of para-hydroxylation sites is 1. The van der Waals surface area contributed by atoms with Crippen LogP contribution in [-0.2, 0) is 6.18 Å². The third-order valence-electron chi connectivity index (χ3n) is 4.85. The quantitative estimate of drug-likeness (QED) is 0.464. The van der Waals surface area contributed by atoms with Gasteiger partial charge in [-0.3, -0.25) is 10.1 Å². The minimum absolute atomic E-state index is 0.0725. The van der Waals surface area contributed by atoms with E-state index in [1.165, 1.54) is 18.2 Å². The van der Waals surface area contributed by atoms with E-state index in [0.717, 1.165) is 16.8 Å². The van der Waals surface area contributed by atoms with Gasteiger partial charge in [0.05, 0.1) is 22.1 Å². The van der Waals surface area contributed by atoms with Crippen LogP contribution >= 0.6 is 0 Å². The standard InChI is InChI=1S/C20H12F3N5O4/c21-20(22,23)17-16-15(10-6-7-14(29)13(8-10)28(30)31)12(9-24)18(25)32-19(16)27(26-17)11-4-2-1-3-5-11/h1-8,15,29H,25H2. The van der Waals surface area contributed by atoms with E-state index in [2.05, 4.69) is 5.10 Å². The molecule has 0 saturated carbocycles. The average Bonchev–Trinajstić information content (AvgIpc) is 3.13. The van der Waals surface area contributed by atoms with Crippen molar-refractivity contribution in [2.45, 2.75) is 12.1 Å². The summed E-state index contributed by atoms with van der Waals surface area (Å²) in [6, 6.07) is 12.6. The maximum Gasteiger partial charge on any atom is 0.435 e. The summed E-state index contributed by atoms with van der Waals surface area (Å²) in [7, 11) is 0. The van der Waals surface area contributed by atoms with E-state index in [-0.39, 0.29) is 22.7 Å². The molecule has 9 nitrogen and oxygen atoms in total. The van der Waals surface area contributed by atoms with E-state index in [4.69, 9.17) is 10.5 Å². The van der Waals surface area contributed by atoms with Crippen LogP contribution in [0.4, 0.5) is 18.9 Å². The first-order chi connectivity index (χ1) is 15.1. The van der Waals surface area contributed by atoms with Gasteiger partial charge in [-0.2, -0.15) is 28.2 Å². The highest BCUT2D eigenvalue weighted by molar-refractivity contribution is 5.60. The van der Waals surface area contributed by atoms with Crippen molar-refractivity contribution in [2.75, 3.05) is 0 Å². The Hall–Kier alpha value is -4.53. The summed E-state index contributed by atoms with van der Waals surface area (Å²) >= 11 is 0. The highest BCUT2D eigenvalue weighted by Gasteiger charge is 2.46. The molecule has 2 heterocycles. The van der Waals surface area contributed by atoms with Gasteiger partial charge in [-0.1, -0.05) is 24.3 Å². The SMILES string of the molecule is N#CC1=C(N)Oc2c(c(C(F)(F)F)nn2-c2ccccc2)C1c1ccc(O)c([N+](=O)[O-])c1. The number of phenols is 1. The number of aromatic nitrogens is 2. The topological polar surface area (TPSA) is 140 Å². The molecule has 0 bridgehead atoms.